The van der Waals surface area contributed by atoms with Gasteiger partial charge in [-0.05, 0) is 12.1 Å². The van der Waals surface area contributed by atoms with Crippen molar-refractivity contribution in [1.82, 2.24) is 0 Å². The van der Waals surface area contributed by atoms with Gasteiger partial charge in [0.2, 0.25) is 0 Å². The van der Waals surface area contributed by atoms with Crippen molar-refractivity contribution in [3.05, 3.63) is 35.4 Å². The van der Waals surface area contributed by atoms with Crippen LogP contribution in [0.3, 0.4) is 0 Å². The molecule has 0 heterocycles. The number of carbonyl (C=O) groups is 1. The number of carboxylic acid groups (broad SMARTS) is 1. The number of halogens is 1. The lowest BCUT2D eigenvalue weighted by Crippen LogP contribution is -1.97. The number of carboxylic acids is 1. The van der Waals surface area contributed by atoms with Crippen molar-refractivity contribution in [3.63, 3.8) is 0 Å². The maximum atomic E-state index is 10.4. The summed E-state index contributed by atoms with van der Waals surface area (Å²) in [5.74, 6) is -1.01. The van der Waals surface area contributed by atoms with Crippen molar-refractivity contribution in [2.24, 2.45) is 5.16 Å². The molecule has 2 N–H and O–H groups in total. The monoisotopic (exact) mass is 199 g/mol. The van der Waals surface area contributed by atoms with E-state index in [-0.39, 0.29) is 10.7 Å². The molecule has 0 fully saturated rings. The topological polar surface area (TPSA) is 69.9 Å². The predicted molar refractivity (Wildman–Crippen MR) is 47.6 cm³/mol. The summed E-state index contributed by atoms with van der Waals surface area (Å²) in [7, 11) is 0. The summed E-state index contributed by atoms with van der Waals surface area (Å²) in [6.07, 6.45) is 0. The normalized spacial score (nSPS) is 11.3. The average Bonchev–Trinajstić information content (AvgIpc) is 2.17. The minimum Gasteiger partial charge on any atom is -0.478 e. The summed E-state index contributed by atoms with van der Waals surface area (Å²) in [6.45, 7) is 0. The molecule has 5 heteroatoms. The highest BCUT2D eigenvalue weighted by atomic mass is 35.5. The molecule has 0 aliphatic heterocycles. The van der Waals surface area contributed by atoms with E-state index in [2.05, 4.69) is 5.16 Å². The number of rotatable bonds is 2. The van der Waals surface area contributed by atoms with Gasteiger partial charge in [0.1, 0.15) is 0 Å². The van der Waals surface area contributed by atoms with E-state index in [4.69, 9.17) is 21.9 Å². The molecule has 0 aliphatic rings. The molecular formula is C8H6ClNO3. The summed E-state index contributed by atoms with van der Waals surface area (Å²) in [6, 6.07) is 5.69. The van der Waals surface area contributed by atoms with Gasteiger partial charge in [0, 0.05) is 5.56 Å². The van der Waals surface area contributed by atoms with Crippen LogP contribution in [0, 0.1) is 0 Å². The zero-order chi connectivity index (χ0) is 9.84. The van der Waals surface area contributed by atoms with Crippen molar-refractivity contribution >= 4 is 22.7 Å². The maximum Gasteiger partial charge on any atom is 0.335 e. The van der Waals surface area contributed by atoms with Gasteiger partial charge in [-0.25, -0.2) is 4.79 Å². The van der Waals surface area contributed by atoms with Crippen LogP contribution in [-0.4, -0.2) is 21.5 Å². The van der Waals surface area contributed by atoms with Crippen LogP contribution >= 0.6 is 11.6 Å². The van der Waals surface area contributed by atoms with Gasteiger partial charge in [0.25, 0.3) is 0 Å². The van der Waals surface area contributed by atoms with E-state index in [9.17, 15) is 4.79 Å². The molecule has 0 spiro atoms. The molecule has 0 amide bonds. The number of hydrogen-bond donors (Lipinski definition) is 2. The lowest BCUT2D eigenvalue weighted by molar-refractivity contribution is 0.0697. The number of aromatic carboxylic acids is 1. The highest BCUT2D eigenvalue weighted by Gasteiger charge is 2.03. The third kappa shape index (κ3) is 2.19. The molecule has 0 aliphatic carbocycles. The van der Waals surface area contributed by atoms with Crippen molar-refractivity contribution < 1.29 is 15.1 Å². The van der Waals surface area contributed by atoms with Crippen LogP contribution in [-0.2, 0) is 0 Å². The molecule has 0 aromatic heterocycles. The summed E-state index contributed by atoms with van der Waals surface area (Å²) in [5.41, 5.74) is 0.625. The molecule has 68 valence electrons. The quantitative estimate of drug-likeness (QED) is 0.433. The van der Waals surface area contributed by atoms with Crippen LogP contribution in [0.25, 0.3) is 0 Å². The minimum atomic E-state index is -1.01. The van der Waals surface area contributed by atoms with Gasteiger partial charge < -0.3 is 10.3 Å². The Morgan fingerprint density at radius 3 is 2.08 bits per heavy atom. The Kier molecular flexibility index (Phi) is 2.87. The van der Waals surface area contributed by atoms with Gasteiger partial charge in [-0.15, -0.1) is 0 Å². The minimum absolute atomic E-state index is 0.0723. The number of nitrogens with zero attached hydrogens (tertiary/aromatic N) is 1. The molecule has 0 saturated heterocycles. The van der Waals surface area contributed by atoms with Crippen LogP contribution in [0.2, 0.25) is 0 Å². The van der Waals surface area contributed by atoms with E-state index in [0.717, 1.165) is 0 Å². The molecule has 0 atom stereocenters. The lowest BCUT2D eigenvalue weighted by atomic mass is 10.1. The molecule has 1 rings (SSSR count). The Morgan fingerprint density at radius 1 is 1.23 bits per heavy atom. The van der Waals surface area contributed by atoms with E-state index in [0.29, 0.717) is 5.56 Å². The first-order chi connectivity index (χ1) is 6.15. The largest absolute Gasteiger partial charge is 0.478 e. The molecular weight excluding hydrogens is 194 g/mol. The Labute approximate surface area is 79.1 Å². The maximum absolute atomic E-state index is 10.4. The fourth-order valence-electron chi connectivity index (χ4n) is 0.808. The second kappa shape index (κ2) is 3.91. The zero-order valence-corrected chi connectivity index (χ0v) is 7.19. The van der Waals surface area contributed by atoms with Crippen molar-refractivity contribution in [1.29, 1.82) is 0 Å². The van der Waals surface area contributed by atoms with E-state index < -0.39 is 5.97 Å². The standard InChI is InChI=1S/C8H6ClNO3/c9-7(10-13)5-1-3-6(4-2-5)8(11)12/h1-4,13H,(H,11,12)/b10-7+. The molecule has 0 unspecified atom stereocenters. The third-order valence-electron chi connectivity index (χ3n) is 1.46. The van der Waals surface area contributed by atoms with Crippen molar-refractivity contribution in [2.45, 2.75) is 0 Å². The predicted octanol–water partition coefficient (Wildman–Crippen LogP) is 1.76. The highest BCUT2D eigenvalue weighted by Crippen LogP contribution is 2.07. The third-order valence-corrected chi connectivity index (χ3v) is 1.75. The lowest BCUT2D eigenvalue weighted by Gasteiger charge is -1.96. The van der Waals surface area contributed by atoms with Crippen molar-refractivity contribution in [2.75, 3.05) is 0 Å². The van der Waals surface area contributed by atoms with E-state index in [1.807, 2.05) is 0 Å². The number of benzene rings is 1. The Hall–Kier alpha value is -1.55. The fraction of sp³-hybridized carbons (Fsp3) is 0. The van der Waals surface area contributed by atoms with Gasteiger partial charge in [0.15, 0.2) is 5.17 Å². The first-order valence-electron chi connectivity index (χ1n) is 3.36. The Morgan fingerprint density at radius 2 is 1.69 bits per heavy atom. The Balaban J connectivity index is 3.00. The smallest absolute Gasteiger partial charge is 0.335 e. The fourth-order valence-corrected chi connectivity index (χ4v) is 0.934. The van der Waals surface area contributed by atoms with Crippen LogP contribution in [0.5, 0.6) is 0 Å². The first kappa shape index (κ1) is 9.54. The molecule has 4 nitrogen and oxygen atoms in total. The van der Waals surface area contributed by atoms with Gasteiger partial charge >= 0.3 is 5.97 Å². The zero-order valence-electron chi connectivity index (χ0n) is 6.44. The van der Waals surface area contributed by atoms with Gasteiger partial charge in [-0.3, -0.25) is 0 Å². The molecule has 13 heavy (non-hydrogen) atoms. The average molecular weight is 200 g/mol. The first-order valence-corrected chi connectivity index (χ1v) is 3.74. The summed E-state index contributed by atoms with van der Waals surface area (Å²) >= 11 is 5.48. The van der Waals surface area contributed by atoms with Crippen LogP contribution in [0.15, 0.2) is 29.4 Å². The molecule has 1 aromatic carbocycles. The van der Waals surface area contributed by atoms with E-state index in [1.165, 1.54) is 24.3 Å². The van der Waals surface area contributed by atoms with Crippen molar-refractivity contribution in [3.8, 4) is 0 Å². The SMILES string of the molecule is O=C(O)c1ccc(/C(Cl)=N\O)cc1. The number of hydrogen-bond acceptors (Lipinski definition) is 3. The summed E-state index contributed by atoms with van der Waals surface area (Å²) < 4.78 is 0. The summed E-state index contributed by atoms with van der Waals surface area (Å²) in [4.78, 5) is 10.4. The second-order valence-electron chi connectivity index (χ2n) is 2.27. The van der Waals surface area contributed by atoms with E-state index >= 15 is 0 Å². The number of oxime groups is 1. The second-order valence-corrected chi connectivity index (χ2v) is 2.63. The van der Waals surface area contributed by atoms with Crippen LogP contribution < -0.4 is 0 Å². The molecule has 1 aromatic rings. The van der Waals surface area contributed by atoms with Gasteiger partial charge in [-0.2, -0.15) is 0 Å². The highest BCUT2D eigenvalue weighted by molar-refractivity contribution is 6.69. The van der Waals surface area contributed by atoms with Gasteiger partial charge in [-0.1, -0.05) is 28.9 Å². The van der Waals surface area contributed by atoms with Crippen LogP contribution in [0.4, 0.5) is 0 Å². The van der Waals surface area contributed by atoms with Crippen LogP contribution in [0.1, 0.15) is 15.9 Å². The summed E-state index contributed by atoms with van der Waals surface area (Å²) in [5, 5.41) is 19.6. The molecule has 0 saturated carbocycles. The molecule has 0 bridgehead atoms. The molecule has 0 radical (unpaired) electrons. The van der Waals surface area contributed by atoms with Gasteiger partial charge in [0.05, 0.1) is 5.56 Å². The Bertz CT molecular complexity index is 345. The van der Waals surface area contributed by atoms with E-state index in [1.54, 1.807) is 0 Å².